The van der Waals surface area contributed by atoms with Gasteiger partial charge in [-0.15, -0.1) is 11.3 Å². The highest BCUT2D eigenvalue weighted by Gasteiger charge is 2.33. The van der Waals surface area contributed by atoms with E-state index in [2.05, 4.69) is 12.6 Å². The number of sulfonamides is 1. The molecule has 0 spiro atoms. The fraction of sp³-hybridized carbons (Fsp3) is 0.250. The maximum atomic E-state index is 12.2. The molecule has 0 saturated carbocycles. The second kappa shape index (κ2) is 5.81. The minimum Gasteiger partial charge on any atom is -0.208 e. The van der Waals surface area contributed by atoms with E-state index in [0.29, 0.717) is 17.4 Å². The molecule has 2 heterocycles. The van der Waals surface area contributed by atoms with Crippen LogP contribution in [0.1, 0.15) is 27.5 Å². The molecule has 6 heteroatoms. The van der Waals surface area contributed by atoms with Gasteiger partial charge in [-0.05, 0) is 29.7 Å². The van der Waals surface area contributed by atoms with E-state index in [-0.39, 0.29) is 5.92 Å². The molecule has 22 heavy (non-hydrogen) atoms. The Morgan fingerprint density at radius 3 is 2.77 bits per heavy atom. The quantitative estimate of drug-likeness (QED) is 0.832. The summed E-state index contributed by atoms with van der Waals surface area (Å²) in [4.78, 5) is 1.01. The Morgan fingerprint density at radius 1 is 1.36 bits per heavy atom. The summed E-state index contributed by atoms with van der Waals surface area (Å²) in [5.41, 5.74) is 3.43. The molecule has 0 N–H and O–H groups in total. The molecule has 0 unspecified atom stereocenters. The van der Waals surface area contributed by atoms with Crippen molar-refractivity contribution in [3.63, 3.8) is 0 Å². The summed E-state index contributed by atoms with van der Waals surface area (Å²) in [6, 6.07) is 10.0. The van der Waals surface area contributed by atoms with Crippen molar-refractivity contribution in [2.24, 2.45) is 0 Å². The first kappa shape index (κ1) is 15.7. The molecule has 0 saturated heterocycles. The van der Waals surface area contributed by atoms with Crippen LogP contribution in [0.2, 0.25) is 4.34 Å². The standard InChI is InChI=1S/C16H16ClNO2S2/c1-3-22(19,20)18-9-14(12-7-5-4-6-11(12)2)13-8-16(17)21-15(13)10-18/h3-8,14H,1,9-10H2,2H3/t14-/m0/s1. The van der Waals surface area contributed by atoms with Gasteiger partial charge < -0.3 is 0 Å². The normalized spacial score (nSPS) is 18.9. The van der Waals surface area contributed by atoms with Gasteiger partial charge in [-0.1, -0.05) is 42.4 Å². The predicted octanol–water partition coefficient (Wildman–Crippen LogP) is 4.13. The molecular formula is C16H16ClNO2S2. The third-order valence-electron chi connectivity index (χ3n) is 4.03. The maximum absolute atomic E-state index is 12.2. The van der Waals surface area contributed by atoms with Crippen LogP contribution in [0, 0.1) is 6.92 Å². The molecule has 0 aliphatic carbocycles. The molecule has 1 aromatic carbocycles. The average Bonchev–Trinajstić information content (AvgIpc) is 2.87. The van der Waals surface area contributed by atoms with Crippen LogP contribution in [0.3, 0.4) is 0 Å². The Morgan fingerprint density at radius 2 is 2.09 bits per heavy atom. The first-order valence-electron chi connectivity index (χ1n) is 6.88. The van der Waals surface area contributed by atoms with E-state index in [9.17, 15) is 8.42 Å². The highest BCUT2D eigenvalue weighted by Crippen LogP contribution is 2.41. The van der Waals surface area contributed by atoms with Crippen LogP contribution in [0.15, 0.2) is 42.3 Å². The fourth-order valence-corrected chi connectivity index (χ4v) is 5.21. The highest BCUT2D eigenvalue weighted by molar-refractivity contribution is 7.92. The molecule has 3 nitrogen and oxygen atoms in total. The molecule has 0 bridgehead atoms. The molecule has 0 radical (unpaired) electrons. The van der Waals surface area contributed by atoms with Crippen LogP contribution < -0.4 is 0 Å². The topological polar surface area (TPSA) is 37.4 Å². The van der Waals surface area contributed by atoms with Crippen molar-refractivity contribution in [2.75, 3.05) is 6.54 Å². The molecule has 0 fully saturated rings. The van der Waals surface area contributed by atoms with Gasteiger partial charge in [-0.2, -0.15) is 4.31 Å². The fourth-order valence-electron chi connectivity index (χ4n) is 2.90. The van der Waals surface area contributed by atoms with E-state index in [1.807, 2.05) is 31.2 Å². The van der Waals surface area contributed by atoms with Gasteiger partial charge in [-0.3, -0.25) is 0 Å². The number of nitrogens with zero attached hydrogens (tertiary/aromatic N) is 1. The summed E-state index contributed by atoms with van der Waals surface area (Å²) in [7, 11) is -3.45. The van der Waals surface area contributed by atoms with E-state index in [1.165, 1.54) is 15.6 Å². The number of benzene rings is 1. The number of hydrogen-bond donors (Lipinski definition) is 0. The highest BCUT2D eigenvalue weighted by atomic mass is 35.5. The molecule has 1 aliphatic rings. The van der Waals surface area contributed by atoms with Crippen LogP contribution in [0.4, 0.5) is 0 Å². The zero-order valence-electron chi connectivity index (χ0n) is 12.1. The third kappa shape index (κ3) is 2.74. The summed E-state index contributed by atoms with van der Waals surface area (Å²) in [5, 5.41) is 1.02. The molecule has 1 atom stereocenters. The van der Waals surface area contributed by atoms with Gasteiger partial charge in [-0.25, -0.2) is 8.42 Å². The van der Waals surface area contributed by atoms with Gasteiger partial charge in [0.05, 0.1) is 4.34 Å². The number of aryl methyl sites for hydroxylation is 1. The van der Waals surface area contributed by atoms with Crippen molar-refractivity contribution in [2.45, 2.75) is 19.4 Å². The monoisotopic (exact) mass is 353 g/mol. The molecule has 116 valence electrons. The lowest BCUT2D eigenvalue weighted by Gasteiger charge is -2.32. The molecule has 3 rings (SSSR count). The summed E-state index contributed by atoms with van der Waals surface area (Å²) in [5.74, 6) is 0.00317. The molecule has 1 aliphatic heterocycles. The number of hydrogen-bond acceptors (Lipinski definition) is 3. The molecule has 2 aromatic rings. The van der Waals surface area contributed by atoms with Crippen LogP contribution >= 0.6 is 22.9 Å². The average molecular weight is 354 g/mol. The van der Waals surface area contributed by atoms with Crippen molar-refractivity contribution < 1.29 is 8.42 Å². The number of thiophene rings is 1. The summed E-state index contributed by atoms with van der Waals surface area (Å²) < 4.78 is 26.6. The predicted molar refractivity (Wildman–Crippen MR) is 91.9 cm³/mol. The minimum absolute atomic E-state index is 0.00317. The van der Waals surface area contributed by atoms with Gasteiger partial charge >= 0.3 is 0 Å². The van der Waals surface area contributed by atoms with Crippen molar-refractivity contribution in [1.29, 1.82) is 0 Å². The SMILES string of the molecule is C=CS(=O)(=O)N1Cc2sc(Cl)cc2[C@H](c2ccccc2C)C1. The molecule has 0 amide bonds. The zero-order chi connectivity index (χ0) is 15.9. The van der Waals surface area contributed by atoms with E-state index >= 15 is 0 Å². The van der Waals surface area contributed by atoms with E-state index in [1.54, 1.807) is 0 Å². The Kier molecular flexibility index (Phi) is 4.16. The maximum Gasteiger partial charge on any atom is 0.235 e. The van der Waals surface area contributed by atoms with Crippen molar-refractivity contribution in [1.82, 2.24) is 4.31 Å². The van der Waals surface area contributed by atoms with E-state index in [4.69, 9.17) is 11.6 Å². The minimum atomic E-state index is -3.45. The van der Waals surface area contributed by atoms with E-state index < -0.39 is 10.0 Å². The van der Waals surface area contributed by atoms with Crippen molar-refractivity contribution >= 4 is 33.0 Å². The second-order valence-corrected chi connectivity index (χ2v) is 8.99. The number of fused-ring (bicyclic) bond motifs is 1. The second-order valence-electron chi connectivity index (χ2n) is 5.34. The summed E-state index contributed by atoms with van der Waals surface area (Å²) >= 11 is 7.62. The number of rotatable bonds is 3. The third-order valence-corrected chi connectivity index (χ3v) is 6.71. The molecule has 1 aromatic heterocycles. The van der Waals surface area contributed by atoms with Gasteiger partial charge in [0, 0.05) is 29.3 Å². The van der Waals surface area contributed by atoms with Crippen LogP contribution in [0.5, 0.6) is 0 Å². The summed E-state index contributed by atoms with van der Waals surface area (Å²) in [6.07, 6.45) is 0. The first-order chi connectivity index (χ1) is 10.4. The van der Waals surface area contributed by atoms with Crippen molar-refractivity contribution in [3.05, 3.63) is 68.2 Å². The Labute approximate surface area is 139 Å². The Balaban J connectivity index is 2.12. The summed E-state index contributed by atoms with van der Waals surface area (Å²) in [6.45, 7) is 6.26. The Hall–Kier alpha value is -1.14. The van der Waals surface area contributed by atoms with E-state index in [0.717, 1.165) is 27.0 Å². The van der Waals surface area contributed by atoms with Crippen LogP contribution in [0.25, 0.3) is 0 Å². The zero-order valence-corrected chi connectivity index (χ0v) is 14.5. The van der Waals surface area contributed by atoms with Crippen molar-refractivity contribution in [3.8, 4) is 0 Å². The molecular weight excluding hydrogens is 338 g/mol. The van der Waals surface area contributed by atoms with Gasteiger partial charge in [0.25, 0.3) is 0 Å². The van der Waals surface area contributed by atoms with Crippen LogP contribution in [-0.2, 0) is 16.6 Å². The van der Waals surface area contributed by atoms with Gasteiger partial charge in [0.2, 0.25) is 10.0 Å². The van der Waals surface area contributed by atoms with Crippen LogP contribution in [-0.4, -0.2) is 19.3 Å². The lowest BCUT2D eigenvalue weighted by Crippen LogP contribution is -2.36. The largest absolute Gasteiger partial charge is 0.235 e. The Bertz CT molecular complexity index is 826. The van der Waals surface area contributed by atoms with Gasteiger partial charge in [0.15, 0.2) is 0 Å². The van der Waals surface area contributed by atoms with Gasteiger partial charge in [0.1, 0.15) is 0 Å². The lowest BCUT2D eigenvalue weighted by molar-refractivity contribution is 0.381. The lowest BCUT2D eigenvalue weighted by atomic mass is 9.87. The smallest absolute Gasteiger partial charge is 0.208 e. The first-order valence-corrected chi connectivity index (χ1v) is 9.58. The number of halogens is 1.